The SMILES string of the molecule is CC.Nc1cccc(Oc2ccc(O)cc2)c1.Nc1cccc(Oc2ccc(O)cc2)c1. The molecular formula is C26H28N2O4. The number of hydrogen-bond donors (Lipinski definition) is 4. The van der Waals surface area contributed by atoms with Crippen molar-refractivity contribution < 1.29 is 19.7 Å². The number of phenolic OH excluding ortho intramolecular Hbond substituents is 2. The molecule has 6 nitrogen and oxygen atoms in total. The summed E-state index contributed by atoms with van der Waals surface area (Å²) in [6.07, 6.45) is 0. The molecule has 0 unspecified atom stereocenters. The highest BCUT2D eigenvalue weighted by molar-refractivity contribution is 5.46. The summed E-state index contributed by atoms with van der Waals surface area (Å²) in [7, 11) is 0. The van der Waals surface area contributed by atoms with Crippen LogP contribution >= 0.6 is 0 Å². The predicted molar refractivity (Wildman–Crippen MR) is 129 cm³/mol. The minimum atomic E-state index is 0.218. The van der Waals surface area contributed by atoms with Crippen LogP contribution in [0, 0.1) is 0 Å². The Morgan fingerprint density at radius 3 is 1.16 bits per heavy atom. The summed E-state index contributed by atoms with van der Waals surface area (Å²) in [5.41, 5.74) is 12.5. The maximum atomic E-state index is 9.09. The minimum Gasteiger partial charge on any atom is -0.508 e. The quantitative estimate of drug-likeness (QED) is 0.272. The monoisotopic (exact) mass is 432 g/mol. The fraction of sp³-hybridized carbons (Fsp3) is 0.0769. The number of ether oxygens (including phenoxy) is 2. The van der Waals surface area contributed by atoms with Crippen LogP contribution in [0.5, 0.6) is 34.5 Å². The van der Waals surface area contributed by atoms with E-state index >= 15 is 0 Å². The van der Waals surface area contributed by atoms with Gasteiger partial charge in [0.05, 0.1) is 0 Å². The van der Waals surface area contributed by atoms with Gasteiger partial charge in [0.1, 0.15) is 34.5 Å². The van der Waals surface area contributed by atoms with E-state index in [1.165, 1.54) is 0 Å². The van der Waals surface area contributed by atoms with Crippen molar-refractivity contribution in [2.75, 3.05) is 11.5 Å². The van der Waals surface area contributed by atoms with Crippen molar-refractivity contribution >= 4 is 11.4 Å². The van der Waals surface area contributed by atoms with Crippen LogP contribution in [-0.2, 0) is 0 Å². The van der Waals surface area contributed by atoms with Gasteiger partial charge in [-0.15, -0.1) is 0 Å². The minimum absolute atomic E-state index is 0.218. The molecule has 0 amide bonds. The third kappa shape index (κ3) is 8.20. The molecule has 0 saturated carbocycles. The largest absolute Gasteiger partial charge is 0.508 e. The summed E-state index contributed by atoms with van der Waals surface area (Å²) in [6.45, 7) is 4.00. The van der Waals surface area contributed by atoms with Gasteiger partial charge < -0.3 is 31.2 Å². The molecular weight excluding hydrogens is 404 g/mol. The molecule has 0 aliphatic carbocycles. The summed E-state index contributed by atoms with van der Waals surface area (Å²) in [4.78, 5) is 0. The highest BCUT2D eigenvalue weighted by Gasteiger charge is 1.98. The second kappa shape index (κ2) is 12.4. The Morgan fingerprint density at radius 1 is 0.500 bits per heavy atom. The lowest BCUT2D eigenvalue weighted by Crippen LogP contribution is -1.87. The number of rotatable bonds is 4. The Morgan fingerprint density at radius 2 is 0.844 bits per heavy atom. The predicted octanol–water partition coefficient (Wildman–Crippen LogP) is 6.56. The molecule has 0 aromatic heterocycles. The van der Waals surface area contributed by atoms with Crippen LogP contribution in [-0.4, -0.2) is 10.2 Å². The first-order valence-electron chi connectivity index (χ1n) is 10.1. The molecule has 32 heavy (non-hydrogen) atoms. The van der Waals surface area contributed by atoms with E-state index in [0.717, 1.165) is 0 Å². The average Bonchev–Trinajstić information content (AvgIpc) is 2.79. The highest BCUT2D eigenvalue weighted by Crippen LogP contribution is 2.25. The zero-order valence-electron chi connectivity index (χ0n) is 18.1. The molecule has 0 spiro atoms. The van der Waals surface area contributed by atoms with Crippen LogP contribution in [0.25, 0.3) is 0 Å². The van der Waals surface area contributed by atoms with Crippen LogP contribution in [0.1, 0.15) is 13.8 Å². The Kier molecular flexibility index (Phi) is 9.28. The number of phenols is 2. The van der Waals surface area contributed by atoms with E-state index < -0.39 is 0 Å². The van der Waals surface area contributed by atoms with E-state index in [2.05, 4.69) is 0 Å². The summed E-state index contributed by atoms with van der Waals surface area (Å²) in [5.74, 6) is 3.13. The summed E-state index contributed by atoms with van der Waals surface area (Å²) in [5, 5.41) is 18.2. The first kappa shape index (κ1) is 24.0. The van der Waals surface area contributed by atoms with Crippen molar-refractivity contribution in [3.8, 4) is 34.5 Å². The maximum absolute atomic E-state index is 9.09. The third-order valence-corrected chi connectivity index (χ3v) is 3.86. The van der Waals surface area contributed by atoms with Gasteiger partial charge in [-0.2, -0.15) is 0 Å². The molecule has 0 radical (unpaired) electrons. The van der Waals surface area contributed by atoms with Crippen LogP contribution in [0.15, 0.2) is 97.1 Å². The first-order chi connectivity index (χ1) is 15.5. The van der Waals surface area contributed by atoms with E-state index in [-0.39, 0.29) is 11.5 Å². The normalized spacial score (nSPS) is 9.44. The van der Waals surface area contributed by atoms with Gasteiger partial charge >= 0.3 is 0 Å². The van der Waals surface area contributed by atoms with Crippen molar-refractivity contribution in [2.45, 2.75) is 13.8 Å². The molecule has 0 aliphatic rings. The second-order valence-corrected chi connectivity index (χ2v) is 6.34. The standard InChI is InChI=1S/2C12H11NO2.C2H6/c2*13-9-2-1-3-12(8-9)15-11-6-4-10(14)5-7-11;1-2/h2*1-8,14H,13H2;1-2H3. The van der Waals surface area contributed by atoms with Gasteiger partial charge in [0.25, 0.3) is 0 Å². The lowest BCUT2D eigenvalue weighted by atomic mass is 10.3. The molecule has 6 heteroatoms. The molecule has 0 heterocycles. The molecule has 166 valence electrons. The van der Waals surface area contributed by atoms with Crippen LogP contribution < -0.4 is 20.9 Å². The third-order valence-electron chi connectivity index (χ3n) is 3.86. The topological polar surface area (TPSA) is 111 Å². The molecule has 4 aromatic carbocycles. The number of benzene rings is 4. The average molecular weight is 433 g/mol. The first-order valence-corrected chi connectivity index (χ1v) is 10.1. The molecule has 6 N–H and O–H groups in total. The van der Waals surface area contributed by atoms with Crippen molar-refractivity contribution in [1.82, 2.24) is 0 Å². The maximum Gasteiger partial charge on any atom is 0.129 e. The summed E-state index contributed by atoms with van der Waals surface area (Å²) < 4.78 is 11.0. The lowest BCUT2D eigenvalue weighted by Gasteiger charge is -2.05. The van der Waals surface area contributed by atoms with Gasteiger partial charge in [-0.1, -0.05) is 26.0 Å². The van der Waals surface area contributed by atoms with Gasteiger partial charge in [0, 0.05) is 23.5 Å². The van der Waals surface area contributed by atoms with E-state index in [1.807, 2.05) is 38.1 Å². The fourth-order valence-corrected chi connectivity index (χ4v) is 2.46. The van der Waals surface area contributed by atoms with E-state index in [9.17, 15) is 0 Å². The van der Waals surface area contributed by atoms with Gasteiger partial charge in [0.15, 0.2) is 0 Å². The summed E-state index contributed by atoms with van der Waals surface area (Å²) >= 11 is 0. The van der Waals surface area contributed by atoms with Gasteiger partial charge in [0.2, 0.25) is 0 Å². The highest BCUT2D eigenvalue weighted by atomic mass is 16.5. The number of aromatic hydroxyl groups is 2. The Hall–Kier alpha value is -4.32. The van der Waals surface area contributed by atoms with Gasteiger partial charge in [-0.3, -0.25) is 0 Å². The second-order valence-electron chi connectivity index (χ2n) is 6.34. The molecule has 4 rings (SSSR count). The van der Waals surface area contributed by atoms with Gasteiger partial charge in [-0.25, -0.2) is 0 Å². The molecule has 0 atom stereocenters. The van der Waals surface area contributed by atoms with Crippen LogP contribution in [0.3, 0.4) is 0 Å². The van der Waals surface area contributed by atoms with Crippen molar-refractivity contribution in [2.24, 2.45) is 0 Å². The molecule has 0 saturated heterocycles. The van der Waals surface area contributed by atoms with Crippen LogP contribution in [0.2, 0.25) is 0 Å². The Labute approximate surface area is 188 Å². The van der Waals surface area contributed by atoms with Crippen molar-refractivity contribution in [3.63, 3.8) is 0 Å². The Balaban J connectivity index is 0.000000211. The smallest absolute Gasteiger partial charge is 0.129 e. The Bertz CT molecular complexity index is 992. The number of nitrogens with two attached hydrogens (primary N) is 2. The zero-order chi connectivity index (χ0) is 23.3. The molecule has 4 aromatic rings. The van der Waals surface area contributed by atoms with Crippen molar-refractivity contribution in [1.29, 1.82) is 0 Å². The lowest BCUT2D eigenvalue weighted by molar-refractivity contribution is 0.464. The molecule has 0 fully saturated rings. The van der Waals surface area contributed by atoms with Crippen LogP contribution in [0.4, 0.5) is 11.4 Å². The fourth-order valence-electron chi connectivity index (χ4n) is 2.46. The van der Waals surface area contributed by atoms with Crippen molar-refractivity contribution in [3.05, 3.63) is 97.1 Å². The zero-order valence-corrected chi connectivity index (χ0v) is 18.1. The van der Waals surface area contributed by atoms with E-state index in [4.69, 9.17) is 31.2 Å². The summed E-state index contributed by atoms with van der Waals surface area (Å²) in [6, 6.07) is 27.4. The number of hydrogen-bond acceptors (Lipinski definition) is 6. The number of anilines is 2. The molecule has 0 bridgehead atoms. The van der Waals surface area contributed by atoms with Gasteiger partial charge in [-0.05, 0) is 72.8 Å². The van der Waals surface area contributed by atoms with E-state index in [0.29, 0.717) is 34.4 Å². The molecule has 0 aliphatic heterocycles. The number of nitrogen functional groups attached to an aromatic ring is 2. The van der Waals surface area contributed by atoms with E-state index in [1.54, 1.807) is 72.8 Å².